The van der Waals surface area contributed by atoms with E-state index in [4.69, 9.17) is 30.5 Å². The monoisotopic (exact) mass is 591 g/mol. The van der Waals surface area contributed by atoms with Gasteiger partial charge in [0.2, 0.25) is 0 Å². The summed E-state index contributed by atoms with van der Waals surface area (Å²) in [4.78, 5) is 24.9. The molecule has 1 aliphatic heterocycles. The molecule has 2 aromatic carbocycles. The SMILES string of the molecule is CNC(CNC(=O)c1cc(OCCOC)cc(C(OCCNC(=O)OC)c2cccc(Cl)c2)c1)C[C@H]1CCCOC1. The van der Waals surface area contributed by atoms with Crippen LogP contribution in [0.25, 0.3) is 0 Å². The molecule has 41 heavy (non-hydrogen) atoms. The average molecular weight is 592 g/mol. The molecule has 3 rings (SSSR count). The molecule has 2 amide bonds. The minimum absolute atomic E-state index is 0.121. The molecule has 0 spiro atoms. The van der Waals surface area contributed by atoms with Crippen LogP contribution in [-0.2, 0) is 18.9 Å². The Morgan fingerprint density at radius 2 is 1.93 bits per heavy atom. The minimum Gasteiger partial charge on any atom is -0.491 e. The van der Waals surface area contributed by atoms with E-state index in [0.717, 1.165) is 38.0 Å². The number of hydrogen-bond donors (Lipinski definition) is 3. The maximum atomic E-state index is 13.4. The van der Waals surface area contributed by atoms with Crippen molar-refractivity contribution in [1.29, 1.82) is 0 Å². The van der Waals surface area contributed by atoms with Crippen LogP contribution in [0.3, 0.4) is 0 Å². The highest BCUT2D eigenvalue weighted by molar-refractivity contribution is 6.30. The number of halogens is 1. The summed E-state index contributed by atoms with van der Waals surface area (Å²) in [6, 6.07) is 12.8. The van der Waals surface area contributed by atoms with E-state index in [2.05, 4.69) is 20.7 Å². The first kappa shape index (κ1) is 32.6. The van der Waals surface area contributed by atoms with Crippen LogP contribution in [0.15, 0.2) is 42.5 Å². The lowest BCUT2D eigenvalue weighted by atomic mass is 9.94. The number of methoxy groups -OCH3 is 2. The van der Waals surface area contributed by atoms with E-state index in [0.29, 0.717) is 47.6 Å². The van der Waals surface area contributed by atoms with Crippen LogP contribution >= 0.6 is 11.6 Å². The zero-order chi connectivity index (χ0) is 29.5. The lowest BCUT2D eigenvalue weighted by Gasteiger charge is -2.26. The molecule has 0 aromatic heterocycles. The van der Waals surface area contributed by atoms with Gasteiger partial charge in [-0.15, -0.1) is 0 Å². The van der Waals surface area contributed by atoms with Gasteiger partial charge >= 0.3 is 6.09 Å². The Morgan fingerprint density at radius 1 is 1.07 bits per heavy atom. The number of carbonyl (C=O) groups excluding carboxylic acids is 2. The normalized spacial score (nSPS) is 16.4. The fourth-order valence-electron chi connectivity index (χ4n) is 4.70. The zero-order valence-electron chi connectivity index (χ0n) is 24.1. The standard InChI is InChI=1S/C30H42ClN3O7/c1-32-26(14-21-6-5-10-39-20-21)19-34-29(35)24-15-23(17-27(18-24)40-13-12-37-2)28(22-7-4-8-25(31)16-22)41-11-9-33-30(36)38-3/h4,7-8,15-18,21,26,28,32H,5-6,9-14,19-20H2,1-3H3,(H,33,36)(H,34,35)/t21-,26?,28?/m1/s1. The van der Waals surface area contributed by atoms with Gasteiger partial charge in [-0.1, -0.05) is 23.7 Å². The molecule has 0 radical (unpaired) electrons. The van der Waals surface area contributed by atoms with Gasteiger partial charge in [0.15, 0.2) is 0 Å². The van der Waals surface area contributed by atoms with Crippen molar-refractivity contribution in [2.75, 3.05) is 67.4 Å². The van der Waals surface area contributed by atoms with Crippen molar-refractivity contribution in [2.24, 2.45) is 5.92 Å². The lowest BCUT2D eigenvalue weighted by Crippen LogP contribution is -2.41. The molecule has 1 heterocycles. The molecule has 3 atom stereocenters. The van der Waals surface area contributed by atoms with E-state index in [9.17, 15) is 9.59 Å². The average Bonchev–Trinajstić information content (AvgIpc) is 2.99. The minimum atomic E-state index is -0.581. The molecule has 1 fully saturated rings. The van der Waals surface area contributed by atoms with Crippen molar-refractivity contribution >= 4 is 23.6 Å². The van der Waals surface area contributed by atoms with Gasteiger partial charge in [0.1, 0.15) is 18.5 Å². The quantitative estimate of drug-likeness (QED) is 0.251. The van der Waals surface area contributed by atoms with Gasteiger partial charge in [-0.3, -0.25) is 4.79 Å². The predicted octanol–water partition coefficient (Wildman–Crippen LogP) is 3.96. The summed E-state index contributed by atoms with van der Waals surface area (Å²) in [6.45, 7) is 3.20. The maximum absolute atomic E-state index is 13.4. The van der Waals surface area contributed by atoms with Gasteiger partial charge < -0.3 is 39.6 Å². The van der Waals surface area contributed by atoms with Crippen LogP contribution in [-0.4, -0.2) is 85.4 Å². The molecule has 11 heteroatoms. The summed E-state index contributed by atoms with van der Waals surface area (Å²) in [7, 11) is 4.81. The topological polar surface area (TPSA) is 116 Å². The summed E-state index contributed by atoms with van der Waals surface area (Å²) in [5.41, 5.74) is 1.94. The van der Waals surface area contributed by atoms with Gasteiger partial charge in [0.05, 0.1) is 20.3 Å². The summed E-state index contributed by atoms with van der Waals surface area (Å²) in [6.07, 6.45) is 2.00. The molecule has 1 saturated heterocycles. The Labute approximate surface area is 247 Å². The van der Waals surface area contributed by atoms with E-state index >= 15 is 0 Å². The van der Waals surface area contributed by atoms with Gasteiger partial charge in [-0.2, -0.15) is 0 Å². The van der Waals surface area contributed by atoms with Gasteiger partial charge in [0, 0.05) is 50.0 Å². The Kier molecular flexibility index (Phi) is 14.2. The third-order valence-electron chi connectivity index (χ3n) is 6.83. The van der Waals surface area contributed by atoms with Crippen molar-refractivity contribution in [3.05, 3.63) is 64.2 Å². The van der Waals surface area contributed by atoms with E-state index in [1.54, 1.807) is 25.3 Å². The molecule has 226 valence electrons. The summed E-state index contributed by atoms with van der Waals surface area (Å²) in [5.74, 6) is 0.768. The largest absolute Gasteiger partial charge is 0.491 e. The Morgan fingerprint density at radius 3 is 2.63 bits per heavy atom. The van der Waals surface area contributed by atoms with Crippen LogP contribution in [0.5, 0.6) is 5.75 Å². The maximum Gasteiger partial charge on any atom is 0.406 e. The fourth-order valence-corrected chi connectivity index (χ4v) is 4.90. The van der Waals surface area contributed by atoms with Gasteiger partial charge in [-0.05, 0) is 73.7 Å². The summed E-state index contributed by atoms with van der Waals surface area (Å²) >= 11 is 6.30. The zero-order valence-corrected chi connectivity index (χ0v) is 24.8. The summed E-state index contributed by atoms with van der Waals surface area (Å²) in [5, 5.41) is 9.56. The highest BCUT2D eigenvalue weighted by Gasteiger charge is 2.22. The van der Waals surface area contributed by atoms with Crippen LogP contribution in [0.2, 0.25) is 5.02 Å². The second kappa shape index (κ2) is 17.8. The number of hydrogen-bond acceptors (Lipinski definition) is 8. The first-order chi connectivity index (χ1) is 19.9. The summed E-state index contributed by atoms with van der Waals surface area (Å²) < 4.78 is 27.5. The second-order valence-corrected chi connectivity index (χ2v) is 10.3. The molecule has 2 unspecified atom stereocenters. The first-order valence-corrected chi connectivity index (χ1v) is 14.3. The number of carbonyl (C=O) groups is 2. The Hall–Kier alpha value is -2.89. The van der Waals surface area contributed by atoms with Crippen LogP contribution in [0.4, 0.5) is 4.79 Å². The van der Waals surface area contributed by atoms with Gasteiger partial charge in [0.25, 0.3) is 5.91 Å². The number of rotatable bonds is 16. The number of likely N-dealkylation sites (N-methyl/N-ethyl adjacent to an activating group) is 1. The third-order valence-corrected chi connectivity index (χ3v) is 7.07. The van der Waals surface area contributed by atoms with Crippen molar-refractivity contribution in [3.63, 3.8) is 0 Å². The first-order valence-electron chi connectivity index (χ1n) is 13.9. The second-order valence-electron chi connectivity index (χ2n) is 9.87. The number of amides is 2. The molecular formula is C30H42ClN3O7. The van der Waals surface area contributed by atoms with Crippen molar-refractivity contribution in [2.45, 2.75) is 31.4 Å². The van der Waals surface area contributed by atoms with E-state index in [1.807, 2.05) is 31.3 Å². The van der Waals surface area contributed by atoms with Gasteiger partial charge in [-0.25, -0.2) is 4.79 Å². The highest BCUT2D eigenvalue weighted by atomic mass is 35.5. The molecule has 0 bridgehead atoms. The smallest absolute Gasteiger partial charge is 0.406 e. The molecule has 0 saturated carbocycles. The Balaban J connectivity index is 1.81. The fraction of sp³-hybridized carbons (Fsp3) is 0.533. The predicted molar refractivity (Wildman–Crippen MR) is 157 cm³/mol. The van der Waals surface area contributed by atoms with E-state index in [-0.39, 0.29) is 25.1 Å². The van der Waals surface area contributed by atoms with Crippen molar-refractivity contribution in [3.8, 4) is 5.75 Å². The third kappa shape index (κ3) is 11.1. The van der Waals surface area contributed by atoms with E-state index < -0.39 is 12.2 Å². The van der Waals surface area contributed by atoms with Crippen LogP contribution in [0.1, 0.15) is 46.9 Å². The molecule has 0 aliphatic carbocycles. The van der Waals surface area contributed by atoms with Crippen molar-refractivity contribution < 1.29 is 33.3 Å². The molecule has 2 aromatic rings. The van der Waals surface area contributed by atoms with Crippen molar-refractivity contribution in [1.82, 2.24) is 16.0 Å². The molecule has 3 N–H and O–H groups in total. The molecule has 10 nitrogen and oxygen atoms in total. The Bertz CT molecular complexity index is 1100. The number of alkyl carbamates (subject to hydrolysis) is 1. The number of nitrogens with one attached hydrogen (secondary N) is 3. The number of ether oxygens (including phenoxy) is 5. The molecular weight excluding hydrogens is 550 g/mol. The van der Waals surface area contributed by atoms with E-state index in [1.165, 1.54) is 7.11 Å². The number of benzene rings is 2. The lowest BCUT2D eigenvalue weighted by molar-refractivity contribution is 0.0478. The molecule has 1 aliphatic rings. The highest BCUT2D eigenvalue weighted by Crippen LogP contribution is 2.31. The van der Waals surface area contributed by atoms with Crippen LogP contribution < -0.4 is 20.7 Å². The van der Waals surface area contributed by atoms with Crippen LogP contribution in [0, 0.1) is 5.92 Å².